The number of aliphatic carboxylic acids is 1. The molecule has 35 heavy (non-hydrogen) atoms. The molecule has 1 N–H and O–H groups in total. The summed E-state index contributed by atoms with van der Waals surface area (Å²) in [6, 6.07) is 14.1. The second kappa shape index (κ2) is 11.6. The Kier molecular flexibility index (Phi) is 8.29. The van der Waals surface area contributed by atoms with Gasteiger partial charge in [-0.1, -0.05) is 43.7 Å². The summed E-state index contributed by atoms with van der Waals surface area (Å²) in [6.45, 7) is 3.02. The van der Waals surface area contributed by atoms with Gasteiger partial charge in [-0.25, -0.2) is 13.6 Å². The lowest BCUT2D eigenvalue weighted by Gasteiger charge is -2.28. The number of benzene rings is 2. The zero-order valence-electron chi connectivity index (χ0n) is 20.1. The fraction of sp³-hybridized carbons (Fsp3) is 0.429. The number of aryl methyl sites for hydroxylation is 1. The number of ether oxygens (including phenoxy) is 1. The molecule has 1 saturated carbocycles. The third-order valence-corrected chi connectivity index (χ3v) is 6.74. The minimum atomic E-state index is -0.945. The maximum absolute atomic E-state index is 14.3. The van der Waals surface area contributed by atoms with Crippen LogP contribution in [0.25, 0.3) is 22.4 Å². The van der Waals surface area contributed by atoms with Gasteiger partial charge in [0.15, 0.2) is 11.6 Å². The molecule has 5 nitrogen and oxygen atoms in total. The van der Waals surface area contributed by atoms with Crippen molar-refractivity contribution in [3.63, 3.8) is 0 Å². The molecule has 0 amide bonds. The monoisotopic (exact) mass is 482 g/mol. The smallest absolute Gasteiger partial charge is 0.329 e. The van der Waals surface area contributed by atoms with Crippen LogP contribution in [-0.2, 0) is 22.5 Å². The van der Waals surface area contributed by atoms with Gasteiger partial charge in [-0.05, 0) is 67.7 Å². The van der Waals surface area contributed by atoms with Gasteiger partial charge in [0, 0.05) is 17.7 Å². The van der Waals surface area contributed by atoms with E-state index in [1.54, 1.807) is 6.07 Å². The first kappa shape index (κ1) is 25.0. The van der Waals surface area contributed by atoms with Crippen LogP contribution >= 0.6 is 0 Å². The zero-order chi connectivity index (χ0) is 24.8. The first-order chi connectivity index (χ1) is 17.0. The summed E-state index contributed by atoms with van der Waals surface area (Å²) in [5.41, 5.74) is 4.41. The highest BCUT2D eigenvalue weighted by atomic mass is 19.2. The van der Waals surface area contributed by atoms with E-state index in [1.807, 2.05) is 35.0 Å². The normalized spacial score (nSPS) is 18.0. The lowest BCUT2D eigenvalue weighted by molar-refractivity contribution is -0.142. The Labute approximate surface area is 204 Å². The van der Waals surface area contributed by atoms with E-state index in [0.717, 1.165) is 61.0 Å². The van der Waals surface area contributed by atoms with E-state index in [-0.39, 0.29) is 6.61 Å². The summed E-state index contributed by atoms with van der Waals surface area (Å²) >= 11 is 0. The Morgan fingerprint density at radius 2 is 1.74 bits per heavy atom. The van der Waals surface area contributed by atoms with E-state index in [4.69, 9.17) is 14.9 Å². The van der Waals surface area contributed by atoms with E-state index in [9.17, 15) is 13.6 Å². The van der Waals surface area contributed by atoms with Gasteiger partial charge in [-0.15, -0.1) is 0 Å². The molecular weight excluding hydrogens is 450 g/mol. The average Bonchev–Trinajstić information content (AvgIpc) is 3.20. The van der Waals surface area contributed by atoms with Gasteiger partial charge >= 0.3 is 5.97 Å². The summed E-state index contributed by atoms with van der Waals surface area (Å²) in [5.74, 6) is -1.91. The third-order valence-electron chi connectivity index (χ3n) is 6.74. The number of carboxylic acid groups (broad SMARTS) is 1. The van der Waals surface area contributed by atoms with Crippen molar-refractivity contribution in [2.45, 2.75) is 52.0 Å². The molecule has 4 rings (SSSR count). The zero-order valence-corrected chi connectivity index (χ0v) is 20.1. The molecule has 0 radical (unpaired) electrons. The van der Waals surface area contributed by atoms with Crippen LogP contribution in [0.1, 0.15) is 44.7 Å². The van der Waals surface area contributed by atoms with Crippen LogP contribution in [0, 0.1) is 23.5 Å². The number of halogens is 2. The molecule has 0 unspecified atom stereocenters. The summed E-state index contributed by atoms with van der Waals surface area (Å²) in [5, 5.41) is 13.8. The quantitative estimate of drug-likeness (QED) is 0.365. The summed E-state index contributed by atoms with van der Waals surface area (Å²) in [7, 11) is 0. The van der Waals surface area contributed by atoms with Crippen molar-refractivity contribution in [3.8, 4) is 22.4 Å². The van der Waals surface area contributed by atoms with E-state index < -0.39 is 17.6 Å². The number of carboxylic acids is 1. The molecule has 7 heteroatoms. The molecule has 3 aromatic rings. The largest absolute Gasteiger partial charge is 0.480 e. The molecule has 2 aromatic carbocycles. The number of hydrogen-bond acceptors (Lipinski definition) is 3. The Balaban J connectivity index is 1.63. The number of nitrogens with zero attached hydrogens (tertiary/aromatic N) is 2. The SMILES string of the molecule is CCCc1nn(C[C@H]2CC[C@@H](COCC(=O)O)CC2)c(-c2ccc(F)c(F)c2)c1-c1ccccc1. The molecule has 1 aromatic heterocycles. The topological polar surface area (TPSA) is 64.4 Å². The minimum Gasteiger partial charge on any atom is -0.480 e. The summed E-state index contributed by atoms with van der Waals surface area (Å²) in [4.78, 5) is 10.7. The van der Waals surface area contributed by atoms with Gasteiger partial charge in [0.25, 0.3) is 0 Å². The lowest BCUT2D eigenvalue weighted by Crippen LogP contribution is -2.23. The maximum atomic E-state index is 14.3. The van der Waals surface area contributed by atoms with Crippen LogP contribution < -0.4 is 0 Å². The highest BCUT2D eigenvalue weighted by Gasteiger charge is 2.26. The predicted molar refractivity (Wildman–Crippen MR) is 131 cm³/mol. The molecular formula is C28H32F2N2O3. The van der Waals surface area contributed by atoms with Crippen LogP contribution in [0.15, 0.2) is 48.5 Å². The van der Waals surface area contributed by atoms with Crippen LogP contribution in [-0.4, -0.2) is 34.1 Å². The van der Waals surface area contributed by atoms with Crippen LogP contribution in [0.3, 0.4) is 0 Å². The average molecular weight is 483 g/mol. The minimum absolute atomic E-state index is 0.257. The molecule has 186 valence electrons. The van der Waals surface area contributed by atoms with Crippen LogP contribution in [0.2, 0.25) is 0 Å². The summed E-state index contributed by atoms with van der Waals surface area (Å²) in [6.07, 6.45) is 5.64. The van der Waals surface area contributed by atoms with Gasteiger partial charge < -0.3 is 9.84 Å². The van der Waals surface area contributed by atoms with Gasteiger partial charge in [-0.3, -0.25) is 4.68 Å². The standard InChI is InChI=1S/C28H32F2N2O3/c1-2-6-25-27(21-7-4-3-5-8-21)28(22-13-14-23(29)24(30)15-22)32(31-25)16-19-9-11-20(12-10-19)17-35-18-26(33)34/h3-5,7-8,13-15,19-20H,2,6,9-12,16-18H2,1H3,(H,33,34)/t19-,20+. The molecule has 1 heterocycles. The molecule has 1 aliphatic rings. The highest BCUT2D eigenvalue weighted by molar-refractivity contribution is 5.83. The van der Waals surface area contributed by atoms with Crippen molar-refractivity contribution in [1.82, 2.24) is 9.78 Å². The number of rotatable bonds is 10. The Morgan fingerprint density at radius 1 is 1.03 bits per heavy atom. The molecule has 1 aliphatic carbocycles. The number of carbonyl (C=O) groups is 1. The third kappa shape index (κ3) is 6.14. The molecule has 0 aliphatic heterocycles. The number of hydrogen-bond donors (Lipinski definition) is 1. The Hall–Kier alpha value is -3.06. The van der Waals surface area contributed by atoms with Gasteiger partial charge in [-0.2, -0.15) is 5.10 Å². The van der Waals surface area contributed by atoms with Crippen molar-refractivity contribution in [2.75, 3.05) is 13.2 Å². The molecule has 0 saturated heterocycles. The maximum Gasteiger partial charge on any atom is 0.329 e. The predicted octanol–water partition coefficient (Wildman–Crippen LogP) is 6.36. The van der Waals surface area contributed by atoms with Gasteiger partial charge in [0.1, 0.15) is 6.61 Å². The molecule has 1 fully saturated rings. The van der Waals surface area contributed by atoms with Gasteiger partial charge in [0.05, 0.1) is 18.0 Å². The molecule has 0 atom stereocenters. The lowest BCUT2D eigenvalue weighted by atomic mass is 9.82. The molecule has 0 bridgehead atoms. The van der Waals surface area contributed by atoms with E-state index >= 15 is 0 Å². The summed E-state index contributed by atoms with van der Waals surface area (Å²) < 4.78 is 35.3. The van der Waals surface area contributed by atoms with Crippen LogP contribution in [0.4, 0.5) is 8.78 Å². The van der Waals surface area contributed by atoms with Crippen molar-refractivity contribution in [1.29, 1.82) is 0 Å². The molecule has 0 spiro atoms. The Bertz CT molecular complexity index is 1140. The van der Waals surface area contributed by atoms with Crippen molar-refractivity contribution in [2.24, 2.45) is 11.8 Å². The first-order valence-electron chi connectivity index (χ1n) is 12.4. The Morgan fingerprint density at radius 3 is 2.40 bits per heavy atom. The van der Waals surface area contributed by atoms with E-state index in [0.29, 0.717) is 30.6 Å². The second-order valence-corrected chi connectivity index (χ2v) is 9.39. The fourth-order valence-electron chi connectivity index (χ4n) is 5.04. The van der Waals surface area contributed by atoms with Crippen molar-refractivity contribution in [3.05, 3.63) is 65.9 Å². The fourth-order valence-corrected chi connectivity index (χ4v) is 5.04. The van der Waals surface area contributed by atoms with E-state index in [2.05, 4.69) is 6.92 Å². The van der Waals surface area contributed by atoms with Gasteiger partial charge in [0.2, 0.25) is 0 Å². The van der Waals surface area contributed by atoms with Crippen LogP contribution in [0.5, 0.6) is 0 Å². The highest BCUT2D eigenvalue weighted by Crippen LogP contribution is 2.38. The van der Waals surface area contributed by atoms with Crippen molar-refractivity contribution < 1.29 is 23.4 Å². The van der Waals surface area contributed by atoms with Crippen molar-refractivity contribution >= 4 is 5.97 Å². The number of aromatic nitrogens is 2. The van der Waals surface area contributed by atoms with E-state index in [1.165, 1.54) is 12.1 Å². The first-order valence-corrected chi connectivity index (χ1v) is 12.4. The second-order valence-electron chi connectivity index (χ2n) is 9.39.